The number of hydrogen-bond acceptors (Lipinski definition) is 6. The van der Waals surface area contributed by atoms with Crippen molar-refractivity contribution in [2.75, 3.05) is 23.3 Å². The maximum atomic E-state index is 14.6. The highest BCUT2D eigenvalue weighted by atomic mass is 19.1. The molecule has 1 aromatic carbocycles. The maximum Gasteiger partial charge on any atom is 0.238 e. The molecule has 0 amide bonds. The summed E-state index contributed by atoms with van der Waals surface area (Å²) in [5.41, 5.74) is 1.28. The van der Waals surface area contributed by atoms with Gasteiger partial charge >= 0.3 is 0 Å². The Morgan fingerprint density at radius 3 is 2.54 bits per heavy atom. The second-order valence-electron chi connectivity index (χ2n) is 6.35. The van der Waals surface area contributed by atoms with Crippen LogP contribution in [0.5, 0.6) is 0 Å². The molecule has 1 N–H and O–H groups in total. The van der Waals surface area contributed by atoms with E-state index in [0.29, 0.717) is 36.2 Å². The van der Waals surface area contributed by atoms with Crippen molar-refractivity contribution in [3.8, 4) is 0 Å². The lowest BCUT2D eigenvalue weighted by Gasteiger charge is -2.37. The number of nitrogens with one attached hydrogen (secondary N) is 1. The molecule has 0 unspecified atom stereocenters. The quantitative estimate of drug-likeness (QED) is 0.925. The number of anilines is 2. The van der Waals surface area contributed by atoms with Crippen LogP contribution in [-0.4, -0.2) is 35.5 Å². The van der Waals surface area contributed by atoms with E-state index >= 15 is 0 Å². The Morgan fingerprint density at radius 1 is 1.25 bits per heavy atom. The predicted octanol–water partition coefficient (Wildman–Crippen LogP) is 3.30. The minimum atomic E-state index is -0.254. The summed E-state index contributed by atoms with van der Waals surface area (Å²) in [6, 6.07) is 4.97. The minimum absolute atomic E-state index is 0.0896. The van der Waals surface area contributed by atoms with Gasteiger partial charge in [0.1, 0.15) is 11.9 Å². The van der Waals surface area contributed by atoms with Crippen molar-refractivity contribution in [3.05, 3.63) is 35.8 Å². The Bertz CT molecular complexity index is 696. The molecule has 0 spiro atoms. The molecule has 0 aliphatic carbocycles. The third-order valence-corrected chi connectivity index (χ3v) is 4.00. The smallest absolute Gasteiger partial charge is 0.238 e. The molecule has 1 fully saturated rings. The van der Waals surface area contributed by atoms with Crippen LogP contribution >= 0.6 is 0 Å². The molecular weight excluding hydrogens is 311 g/mol. The summed E-state index contributed by atoms with van der Waals surface area (Å²) in [5.74, 6) is 0.735. The van der Waals surface area contributed by atoms with E-state index in [-0.39, 0.29) is 24.1 Å². The molecule has 1 aromatic heterocycles. The van der Waals surface area contributed by atoms with Crippen LogP contribution in [0.15, 0.2) is 22.6 Å². The SMILES string of the molecule is Cc1nnc([C@H](C)Nc2ccc(N3C[C@@H](C)O[C@H](C)C3)c(F)c2)o1. The van der Waals surface area contributed by atoms with Crippen molar-refractivity contribution >= 4 is 11.4 Å². The molecule has 24 heavy (non-hydrogen) atoms. The number of hydrogen-bond donors (Lipinski definition) is 1. The summed E-state index contributed by atoms with van der Waals surface area (Å²) in [7, 11) is 0. The average molecular weight is 334 g/mol. The van der Waals surface area contributed by atoms with Crippen LogP contribution in [0, 0.1) is 12.7 Å². The Balaban J connectivity index is 1.72. The lowest BCUT2D eigenvalue weighted by molar-refractivity contribution is -0.00539. The molecule has 0 radical (unpaired) electrons. The Hall–Kier alpha value is -2.15. The highest BCUT2D eigenvalue weighted by Crippen LogP contribution is 2.27. The highest BCUT2D eigenvalue weighted by molar-refractivity contribution is 5.57. The number of ether oxygens (including phenoxy) is 1. The molecule has 1 saturated heterocycles. The maximum absolute atomic E-state index is 14.6. The zero-order chi connectivity index (χ0) is 17.3. The molecule has 3 atom stereocenters. The van der Waals surface area contributed by atoms with Gasteiger partial charge in [-0.3, -0.25) is 0 Å². The van der Waals surface area contributed by atoms with Crippen molar-refractivity contribution in [1.29, 1.82) is 0 Å². The second kappa shape index (κ2) is 6.76. The van der Waals surface area contributed by atoms with E-state index in [1.165, 1.54) is 6.07 Å². The van der Waals surface area contributed by atoms with Crippen molar-refractivity contribution in [2.24, 2.45) is 0 Å². The molecule has 1 aliphatic rings. The van der Waals surface area contributed by atoms with Crippen LogP contribution in [0.4, 0.5) is 15.8 Å². The fourth-order valence-electron chi connectivity index (χ4n) is 3.03. The van der Waals surface area contributed by atoms with Gasteiger partial charge in [0, 0.05) is 25.7 Å². The Kier molecular flexibility index (Phi) is 4.71. The third-order valence-electron chi connectivity index (χ3n) is 4.00. The molecule has 7 heteroatoms. The van der Waals surface area contributed by atoms with Gasteiger partial charge in [0.15, 0.2) is 0 Å². The van der Waals surface area contributed by atoms with Crippen LogP contribution in [0.1, 0.15) is 38.6 Å². The van der Waals surface area contributed by atoms with Gasteiger partial charge in [-0.25, -0.2) is 4.39 Å². The molecule has 0 saturated carbocycles. The zero-order valence-electron chi connectivity index (χ0n) is 14.4. The number of morpholine rings is 1. The van der Waals surface area contributed by atoms with Crippen molar-refractivity contribution in [3.63, 3.8) is 0 Å². The molecule has 6 nitrogen and oxygen atoms in total. The van der Waals surface area contributed by atoms with Gasteiger partial charge in [-0.05, 0) is 39.0 Å². The fraction of sp³-hybridized carbons (Fsp3) is 0.529. The summed E-state index contributed by atoms with van der Waals surface area (Å²) >= 11 is 0. The van der Waals surface area contributed by atoms with Crippen LogP contribution in [0.3, 0.4) is 0 Å². The van der Waals surface area contributed by atoms with E-state index in [2.05, 4.69) is 15.5 Å². The van der Waals surface area contributed by atoms with Gasteiger partial charge in [-0.15, -0.1) is 10.2 Å². The first-order valence-electron chi connectivity index (χ1n) is 8.19. The molecule has 1 aliphatic heterocycles. The monoisotopic (exact) mass is 334 g/mol. The summed E-state index contributed by atoms with van der Waals surface area (Å²) in [6.45, 7) is 9.01. The number of aromatic nitrogens is 2. The number of aryl methyl sites for hydroxylation is 1. The van der Waals surface area contributed by atoms with E-state index in [4.69, 9.17) is 9.15 Å². The first kappa shape index (κ1) is 16.7. The first-order chi connectivity index (χ1) is 11.4. The molecule has 130 valence electrons. The summed E-state index contributed by atoms with van der Waals surface area (Å²) in [4.78, 5) is 2.03. The molecular formula is C17H23FN4O2. The number of benzene rings is 1. The van der Waals surface area contributed by atoms with Crippen LogP contribution in [0.2, 0.25) is 0 Å². The molecule has 2 heterocycles. The summed E-state index contributed by atoms with van der Waals surface area (Å²) in [6.07, 6.45) is 0.179. The molecule has 2 aromatic rings. The van der Waals surface area contributed by atoms with E-state index in [1.54, 1.807) is 13.0 Å². The summed E-state index contributed by atoms with van der Waals surface area (Å²) < 4.78 is 25.7. The van der Waals surface area contributed by atoms with Crippen LogP contribution in [0.25, 0.3) is 0 Å². The molecule has 3 rings (SSSR count). The third kappa shape index (κ3) is 3.67. The normalized spacial score (nSPS) is 22.5. The van der Waals surface area contributed by atoms with Gasteiger partial charge in [-0.2, -0.15) is 0 Å². The standard InChI is InChI=1S/C17H23FN4O2/c1-10-8-22(9-11(2)23-10)16-6-5-14(7-15(16)18)19-12(3)17-21-20-13(4)24-17/h5-7,10-12,19H,8-9H2,1-4H3/t10-,11-,12+/m1/s1. The van der Waals surface area contributed by atoms with Gasteiger partial charge in [0.25, 0.3) is 0 Å². The number of nitrogens with zero attached hydrogens (tertiary/aromatic N) is 3. The highest BCUT2D eigenvalue weighted by Gasteiger charge is 2.24. The van der Waals surface area contributed by atoms with Gasteiger partial charge < -0.3 is 19.4 Å². The lowest BCUT2D eigenvalue weighted by atomic mass is 10.1. The van der Waals surface area contributed by atoms with Gasteiger partial charge in [0.05, 0.1) is 17.9 Å². The topological polar surface area (TPSA) is 63.4 Å². The fourth-order valence-corrected chi connectivity index (χ4v) is 3.03. The average Bonchev–Trinajstić information content (AvgIpc) is 2.93. The minimum Gasteiger partial charge on any atom is -0.423 e. The predicted molar refractivity (Wildman–Crippen MR) is 89.7 cm³/mol. The molecule has 0 bridgehead atoms. The van der Waals surface area contributed by atoms with E-state index < -0.39 is 0 Å². The van der Waals surface area contributed by atoms with E-state index in [9.17, 15) is 4.39 Å². The zero-order valence-corrected chi connectivity index (χ0v) is 14.4. The van der Waals surface area contributed by atoms with Crippen molar-refractivity contribution in [1.82, 2.24) is 10.2 Å². The number of halogens is 1. The lowest BCUT2D eigenvalue weighted by Crippen LogP contribution is -2.45. The van der Waals surface area contributed by atoms with Crippen LogP contribution in [-0.2, 0) is 4.74 Å². The first-order valence-corrected chi connectivity index (χ1v) is 8.19. The second-order valence-corrected chi connectivity index (χ2v) is 6.35. The van der Waals surface area contributed by atoms with Crippen molar-refractivity contribution in [2.45, 2.75) is 45.9 Å². The van der Waals surface area contributed by atoms with E-state index in [1.807, 2.05) is 31.7 Å². The van der Waals surface area contributed by atoms with Gasteiger partial charge in [-0.1, -0.05) is 0 Å². The largest absolute Gasteiger partial charge is 0.423 e. The number of rotatable bonds is 4. The van der Waals surface area contributed by atoms with Crippen molar-refractivity contribution < 1.29 is 13.5 Å². The Morgan fingerprint density at radius 2 is 1.96 bits per heavy atom. The Labute approximate surface area is 141 Å². The van der Waals surface area contributed by atoms with Crippen LogP contribution < -0.4 is 10.2 Å². The summed E-state index contributed by atoms with van der Waals surface area (Å²) in [5, 5.41) is 11.0. The van der Waals surface area contributed by atoms with Gasteiger partial charge in [0.2, 0.25) is 11.8 Å². The van der Waals surface area contributed by atoms with E-state index in [0.717, 1.165) is 0 Å².